The summed E-state index contributed by atoms with van der Waals surface area (Å²) in [4.78, 5) is 1.69. The maximum atomic E-state index is 13.3. The number of nitrogens with zero attached hydrogens (tertiary/aromatic N) is 1. The van der Waals surface area contributed by atoms with Crippen LogP contribution >= 0.6 is 0 Å². The molecule has 0 amide bonds. The molecule has 88 valence electrons. The first-order valence-electron chi connectivity index (χ1n) is 5.08. The quantitative estimate of drug-likeness (QED) is 0.776. The van der Waals surface area contributed by atoms with Crippen molar-refractivity contribution in [3.8, 4) is 0 Å². The average Bonchev–Trinajstić information content (AvgIpc) is 2.52. The van der Waals surface area contributed by atoms with Crippen molar-refractivity contribution in [2.45, 2.75) is 18.8 Å². The van der Waals surface area contributed by atoms with Crippen LogP contribution in [-0.4, -0.2) is 40.4 Å². The minimum absolute atomic E-state index is 0.192. The Labute approximate surface area is 91.9 Å². The van der Waals surface area contributed by atoms with Crippen LogP contribution in [0.3, 0.4) is 0 Å². The van der Waals surface area contributed by atoms with Gasteiger partial charge in [-0.2, -0.15) is 0 Å². The van der Waals surface area contributed by atoms with E-state index < -0.39 is 23.8 Å². The molecule has 1 aromatic carbocycles. The van der Waals surface area contributed by atoms with E-state index in [4.69, 9.17) is 0 Å². The SMILES string of the molecule is O[C@@H]1CN(Cc2cc(F)ccc2F)C[C@@H]1O. The minimum atomic E-state index is -0.809. The number of hydrogen-bond donors (Lipinski definition) is 2. The van der Waals surface area contributed by atoms with Crippen molar-refractivity contribution in [2.75, 3.05) is 13.1 Å². The summed E-state index contributed by atoms with van der Waals surface area (Å²) in [6.07, 6.45) is -1.62. The van der Waals surface area contributed by atoms with Crippen molar-refractivity contribution >= 4 is 0 Å². The van der Waals surface area contributed by atoms with Crippen molar-refractivity contribution in [3.05, 3.63) is 35.4 Å². The normalized spacial score (nSPS) is 26.2. The van der Waals surface area contributed by atoms with E-state index in [1.165, 1.54) is 0 Å². The summed E-state index contributed by atoms with van der Waals surface area (Å²) in [6.45, 7) is 0.742. The van der Waals surface area contributed by atoms with Gasteiger partial charge in [0.15, 0.2) is 0 Å². The molecule has 2 N–H and O–H groups in total. The van der Waals surface area contributed by atoms with Crippen molar-refractivity contribution in [1.82, 2.24) is 4.90 Å². The lowest BCUT2D eigenvalue weighted by molar-refractivity contribution is 0.0572. The van der Waals surface area contributed by atoms with E-state index in [1.807, 2.05) is 0 Å². The number of likely N-dealkylation sites (tertiary alicyclic amines) is 1. The van der Waals surface area contributed by atoms with Gasteiger partial charge in [-0.3, -0.25) is 4.90 Å². The number of β-amino-alcohol motifs (C(OH)–C–C–N with tert-alkyl or cyclic N) is 2. The number of benzene rings is 1. The third-order valence-electron chi connectivity index (χ3n) is 2.74. The summed E-state index contributed by atoms with van der Waals surface area (Å²) in [5.74, 6) is -0.964. The van der Waals surface area contributed by atoms with Crippen LogP contribution in [0, 0.1) is 11.6 Å². The Kier molecular flexibility index (Phi) is 3.18. The minimum Gasteiger partial charge on any atom is -0.389 e. The van der Waals surface area contributed by atoms with E-state index in [1.54, 1.807) is 4.90 Å². The Balaban J connectivity index is 2.07. The molecule has 2 atom stereocenters. The van der Waals surface area contributed by atoms with Crippen LogP contribution in [0.15, 0.2) is 18.2 Å². The van der Waals surface area contributed by atoms with Gasteiger partial charge >= 0.3 is 0 Å². The molecule has 0 unspecified atom stereocenters. The Bertz CT molecular complexity index is 376. The molecule has 16 heavy (non-hydrogen) atoms. The Hall–Kier alpha value is -1.04. The second kappa shape index (κ2) is 4.45. The second-order valence-corrected chi connectivity index (χ2v) is 4.06. The Morgan fingerprint density at radius 3 is 2.44 bits per heavy atom. The molecule has 0 spiro atoms. The highest BCUT2D eigenvalue weighted by Crippen LogP contribution is 2.17. The summed E-state index contributed by atoms with van der Waals surface area (Å²) in [6, 6.07) is 3.27. The van der Waals surface area contributed by atoms with Crippen molar-refractivity contribution in [3.63, 3.8) is 0 Å². The van der Waals surface area contributed by atoms with Gasteiger partial charge in [0.25, 0.3) is 0 Å². The van der Waals surface area contributed by atoms with Crippen molar-refractivity contribution in [1.29, 1.82) is 0 Å². The second-order valence-electron chi connectivity index (χ2n) is 4.06. The number of rotatable bonds is 2. The summed E-state index contributed by atoms with van der Waals surface area (Å²) < 4.78 is 26.2. The lowest BCUT2D eigenvalue weighted by atomic mass is 10.2. The molecule has 1 aromatic rings. The molecular formula is C11H13F2NO2. The first kappa shape index (κ1) is 11.4. The molecule has 1 heterocycles. The molecule has 3 nitrogen and oxygen atoms in total. The fraction of sp³-hybridized carbons (Fsp3) is 0.455. The summed E-state index contributed by atoms with van der Waals surface area (Å²) in [7, 11) is 0. The van der Waals surface area contributed by atoms with Crippen LogP contribution < -0.4 is 0 Å². The first-order valence-corrected chi connectivity index (χ1v) is 5.08. The predicted molar refractivity (Wildman–Crippen MR) is 53.6 cm³/mol. The zero-order valence-corrected chi connectivity index (χ0v) is 8.61. The molecule has 5 heteroatoms. The number of aliphatic hydroxyl groups is 2. The number of aliphatic hydroxyl groups excluding tert-OH is 2. The van der Waals surface area contributed by atoms with Gasteiger partial charge in [0.1, 0.15) is 11.6 Å². The molecule has 1 aliphatic rings. The van der Waals surface area contributed by atoms with Gasteiger partial charge in [-0.15, -0.1) is 0 Å². The topological polar surface area (TPSA) is 43.7 Å². The molecule has 2 rings (SSSR count). The maximum absolute atomic E-state index is 13.3. The van der Waals surface area contributed by atoms with Gasteiger partial charge in [-0.1, -0.05) is 0 Å². The standard InChI is InChI=1S/C11H13F2NO2/c12-8-1-2-9(13)7(3-8)4-14-5-10(15)11(16)6-14/h1-3,10-11,15-16H,4-6H2/t10-,11+. The Morgan fingerprint density at radius 2 is 1.81 bits per heavy atom. The average molecular weight is 229 g/mol. The largest absolute Gasteiger partial charge is 0.389 e. The highest BCUT2D eigenvalue weighted by Gasteiger charge is 2.29. The molecule has 0 saturated carbocycles. The maximum Gasteiger partial charge on any atom is 0.127 e. The molecule has 0 aliphatic carbocycles. The van der Waals surface area contributed by atoms with Crippen LogP contribution in [0.25, 0.3) is 0 Å². The fourth-order valence-corrected chi connectivity index (χ4v) is 1.88. The van der Waals surface area contributed by atoms with Crippen LogP contribution in [-0.2, 0) is 6.54 Å². The molecule has 0 aromatic heterocycles. The van der Waals surface area contributed by atoms with Gasteiger partial charge in [0.05, 0.1) is 12.2 Å². The van der Waals surface area contributed by atoms with Crippen LogP contribution in [0.1, 0.15) is 5.56 Å². The van der Waals surface area contributed by atoms with E-state index in [-0.39, 0.29) is 25.2 Å². The van der Waals surface area contributed by atoms with Gasteiger partial charge in [-0.05, 0) is 18.2 Å². The monoisotopic (exact) mass is 229 g/mol. The van der Waals surface area contributed by atoms with Gasteiger partial charge in [0, 0.05) is 25.2 Å². The number of hydrogen-bond acceptors (Lipinski definition) is 3. The molecule has 1 fully saturated rings. The van der Waals surface area contributed by atoms with Crippen LogP contribution in [0.2, 0.25) is 0 Å². The lowest BCUT2D eigenvalue weighted by Gasteiger charge is -2.15. The zero-order valence-electron chi connectivity index (χ0n) is 8.61. The first-order chi connectivity index (χ1) is 7.56. The lowest BCUT2D eigenvalue weighted by Crippen LogP contribution is -2.22. The van der Waals surface area contributed by atoms with Crippen LogP contribution in [0.5, 0.6) is 0 Å². The number of halogens is 2. The van der Waals surface area contributed by atoms with Crippen LogP contribution in [0.4, 0.5) is 8.78 Å². The molecule has 1 saturated heterocycles. The fourth-order valence-electron chi connectivity index (χ4n) is 1.88. The van der Waals surface area contributed by atoms with Crippen molar-refractivity contribution in [2.24, 2.45) is 0 Å². The third kappa shape index (κ3) is 2.37. The highest BCUT2D eigenvalue weighted by molar-refractivity contribution is 5.18. The smallest absolute Gasteiger partial charge is 0.127 e. The van der Waals surface area contributed by atoms with E-state index in [0.717, 1.165) is 18.2 Å². The van der Waals surface area contributed by atoms with Gasteiger partial charge < -0.3 is 10.2 Å². The predicted octanol–water partition coefficient (Wildman–Crippen LogP) is 0.502. The Morgan fingerprint density at radius 1 is 1.19 bits per heavy atom. The van der Waals surface area contributed by atoms with Crippen molar-refractivity contribution < 1.29 is 19.0 Å². The van der Waals surface area contributed by atoms with Gasteiger partial charge in [0.2, 0.25) is 0 Å². The molecular weight excluding hydrogens is 216 g/mol. The summed E-state index contributed by atoms with van der Waals surface area (Å²) in [5.41, 5.74) is 0.237. The van der Waals surface area contributed by atoms with E-state index in [2.05, 4.69) is 0 Å². The third-order valence-corrected chi connectivity index (χ3v) is 2.74. The van der Waals surface area contributed by atoms with E-state index in [9.17, 15) is 19.0 Å². The molecule has 0 radical (unpaired) electrons. The van der Waals surface area contributed by atoms with Gasteiger partial charge in [-0.25, -0.2) is 8.78 Å². The van der Waals surface area contributed by atoms with E-state index in [0.29, 0.717) is 0 Å². The zero-order chi connectivity index (χ0) is 11.7. The highest BCUT2D eigenvalue weighted by atomic mass is 19.1. The molecule has 0 bridgehead atoms. The van der Waals surface area contributed by atoms with E-state index >= 15 is 0 Å². The summed E-state index contributed by atoms with van der Waals surface area (Å²) in [5, 5.41) is 18.6. The molecule has 1 aliphatic heterocycles. The summed E-state index contributed by atoms with van der Waals surface area (Å²) >= 11 is 0.